The van der Waals surface area contributed by atoms with Gasteiger partial charge in [-0.3, -0.25) is 0 Å². The van der Waals surface area contributed by atoms with Crippen LogP contribution in [0.1, 0.15) is 0 Å². The van der Waals surface area contributed by atoms with Crippen molar-refractivity contribution in [1.29, 1.82) is 0 Å². The van der Waals surface area contributed by atoms with Gasteiger partial charge in [0.05, 0.1) is 11.0 Å². The van der Waals surface area contributed by atoms with Crippen molar-refractivity contribution in [2.45, 2.75) is 0 Å². The lowest BCUT2D eigenvalue weighted by molar-refractivity contribution is 0.669. The molecule has 0 spiro atoms. The van der Waals surface area contributed by atoms with E-state index in [0.29, 0.717) is 17.5 Å². The number of benzene rings is 8. The van der Waals surface area contributed by atoms with E-state index in [1.165, 1.54) is 21.9 Å². The summed E-state index contributed by atoms with van der Waals surface area (Å²) in [6, 6.07) is 67.5. The van der Waals surface area contributed by atoms with Crippen molar-refractivity contribution < 1.29 is 4.42 Å². The zero-order chi connectivity index (χ0) is 37.0. The molecule has 0 unspecified atom stereocenters. The van der Waals surface area contributed by atoms with Crippen LogP contribution < -0.4 is 0 Å². The summed E-state index contributed by atoms with van der Waals surface area (Å²) in [5.74, 6) is 1.77. The van der Waals surface area contributed by atoms with Gasteiger partial charge in [-0.05, 0) is 76.9 Å². The van der Waals surface area contributed by atoms with E-state index in [1.807, 2.05) is 36.4 Å². The van der Waals surface area contributed by atoms with Gasteiger partial charge >= 0.3 is 0 Å². The number of nitrogens with zero attached hydrogens (tertiary/aromatic N) is 4. The molecule has 5 nitrogen and oxygen atoms in total. The molecule has 0 aliphatic carbocycles. The molecule has 0 radical (unpaired) electrons. The van der Waals surface area contributed by atoms with Gasteiger partial charge in [-0.25, -0.2) is 15.0 Å². The van der Waals surface area contributed by atoms with Crippen LogP contribution in [0.5, 0.6) is 0 Å². The summed E-state index contributed by atoms with van der Waals surface area (Å²) in [4.78, 5) is 15.5. The Morgan fingerprint density at radius 1 is 0.304 bits per heavy atom. The zero-order valence-electron chi connectivity index (χ0n) is 30.2. The predicted molar refractivity (Wildman–Crippen MR) is 229 cm³/mol. The monoisotopic (exact) mass is 716 g/mol. The van der Waals surface area contributed by atoms with Crippen LogP contribution in [-0.2, 0) is 0 Å². The Bertz CT molecular complexity index is 3250. The summed E-state index contributed by atoms with van der Waals surface area (Å²) in [6.45, 7) is 0. The SMILES string of the molecule is c1ccc(-c2cccc(-c3cccc(-c4nc(-c5ccc6c(c5)oc5ccccc56)nc(-c5ccc6c7ccccc7n(-c7ccccc7)c6c5)n4)c3)c2)cc1. The van der Waals surface area contributed by atoms with Crippen LogP contribution >= 0.6 is 0 Å². The minimum Gasteiger partial charge on any atom is -0.456 e. The van der Waals surface area contributed by atoms with E-state index < -0.39 is 0 Å². The first kappa shape index (κ1) is 31.9. The molecule has 3 aromatic heterocycles. The highest BCUT2D eigenvalue weighted by atomic mass is 16.3. The van der Waals surface area contributed by atoms with E-state index in [1.54, 1.807) is 0 Å². The smallest absolute Gasteiger partial charge is 0.164 e. The molecular formula is C51H32N4O. The van der Waals surface area contributed by atoms with Gasteiger partial charge in [-0.1, -0.05) is 140 Å². The summed E-state index contributed by atoms with van der Waals surface area (Å²) < 4.78 is 8.63. The number of aromatic nitrogens is 4. The molecule has 56 heavy (non-hydrogen) atoms. The van der Waals surface area contributed by atoms with E-state index in [4.69, 9.17) is 19.4 Å². The quantitative estimate of drug-likeness (QED) is 0.172. The minimum absolute atomic E-state index is 0.576. The molecule has 0 bridgehead atoms. The lowest BCUT2D eigenvalue weighted by atomic mass is 9.98. The minimum atomic E-state index is 0.576. The van der Waals surface area contributed by atoms with Crippen molar-refractivity contribution in [2.75, 3.05) is 0 Å². The Hall–Kier alpha value is -7.63. The second kappa shape index (κ2) is 13.0. The Labute approximate surface area is 322 Å². The van der Waals surface area contributed by atoms with E-state index >= 15 is 0 Å². The average Bonchev–Trinajstić information content (AvgIpc) is 3.82. The highest BCUT2D eigenvalue weighted by Gasteiger charge is 2.18. The fourth-order valence-corrected chi connectivity index (χ4v) is 7.94. The molecule has 0 N–H and O–H groups in total. The molecule has 0 saturated heterocycles. The Morgan fingerprint density at radius 3 is 1.52 bits per heavy atom. The fraction of sp³-hybridized carbons (Fsp3) is 0. The number of hydrogen-bond acceptors (Lipinski definition) is 4. The molecule has 3 heterocycles. The average molecular weight is 717 g/mol. The first-order valence-corrected chi connectivity index (χ1v) is 18.8. The van der Waals surface area contributed by atoms with Crippen LogP contribution in [0.25, 0.3) is 106 Å². The van der Waals surface area contributed by atoms with Gasteiger partial charge in [0.1, 0.15) is 11.2 Å². The number of hydrogen-bond donors (Lipinski definition) is 0. The van der Waals surface area contributed by atoms with Crippen LogP contribution in [0.3, 0.4) is 0 Å². The van der Waals surface area contributed by atoms with Crippen molar-refractivity contribution in [3.05, 3.63) is 194 Å². The molecule has 8 aromatic carbocycles. The normalized spacial score (nSPS) is 11.6. The Morgan fingerprint density at radius 2 is 0.786 bits per heavy atom. The van der Waals surface area contributed by atoms with Crippen molar-refractivity contribution >= 4 is 43.7 Å². The van der Waals surface area contributed by atoms with Gasteiger partial charge in [-0.2, -0.15) is 0 Å². The van der Waals surface area contributed by atoms with Crippen LogP contribution in [0.4, 0.5) is 0 Å². The van der Waals surface area contributed by atoms with E-state index in [0.717, 1.165) is 66.5 Å². The summed E-state index contributed by atoms with van der Waals surface area (Å²) >= 11 is 0. The van der Waals surface area contributed by atoms with Gasteiger partial charge in [0.2, 0.25) is 0 Å². The maximum absolute atomic E-state index is 6.31. The molecule has 11 aromatic rings. The molecular weight excluding hydrogens is 685 g/mol. The summed E-state index contributed by atoms with van der Waals surface area (Å²) in [6.07, 6.45) is 0. The zero-order valence-corrected chi connectivity index (χ0v) is 30.2. The first-order chi connectivity index (χ1) is 27.7. The third-order valence-corrected chi connectivity index (χ3v) is 10.6. The third kappa shape index (κ3) is 5.45. The molecule has 11 rings (SSSR count). The standard InChI is InChI=1S/C51H32N4O/c1-3-13-33(14-4-1)34-15-11-16-35(29-34)36-17-12-18-37(30-36)49-52-50(54-51(53-49)39-26-28-44-43-22-8-10-24-47(43)56-48(44)32-39)38-25-27-42-41-21-7-9-23-45(41)55(46(42)31-38)40-19-5-2-6-20-40/h1-32H. The highest BCUT2D eigenvalue weighted by Crippen LogP contribution is 2.37. The highest BCUT2D eigenvalue weighted by molar-refractivity contribution is 6.10. The van der Waals surface area contributed by atoms with Gasteiger partial charge in [0, 0.05) is 43.9 Å². The van der Waals surface area contributed by atoms with Crippen molar-refractivity contribution in [3.63, 3.8) is 0 Å². The second-order valence-electron chi connectivity index (χ2n) is 14.1. The molecule has 0 amide bonds. The second-order valence-corrected chi connectivity index (χ2v) is 14.1. The Balaban J connectivity index is 1.09. The summed E-state index contributed by atoms with van der Waals surface area (Å²) in [5.41, 5.74) is 12.2. The van der Waals surface area contributed by atoms with Gasteiger partial charge in [-0.15, -0.1) is 0 Å². The number of para-hydroxylation sites is 3. The molecule has 262 valence electrons. The third-order valence-electron chi connectivity index (χ3n) is 10.6. The van der Waals surface area contributed by atoms with Gasteiger partial charge in [0.25, 0.3) is 0 Å². The van der Waals surface area contributed by atoms with Crippen LogP contribution in [0.2, 0.25) is 0 Å². The topological polar surface area (TPSA) is 56.7 Å². The number of furan rings is 1. The molecule has 0 saturated carbocycles. The maximum Gasteiger partial charge on any atom is 0.164 e. The van der Waals surface area contributed by atoms with Crippen LogP contribution in [-0.4, -0.2) is 19.5 Å². The van der Waals surface area contributed by atoms with Gasteiger partial charge < -0.3 is 8.98 Å². The lowest BCUT2D eigenvalue weighted by Gasteiger charge is -2.11. The number of fused-ring (bicyclic) bond motifs is 6. The maximum atomic E-state index is 6.31. The Kier molecular flexibility index (Phi) is 7.42. The van der Waals surface area contributed by atoms with E-state index in [9.17, 15) is 0 Å². The summed E-state index contributed by atoms with van der Waals surface area (Å²) in [7, 11) is 0. The van der Waals surface area contributed by atoms with Crippen molar-refractivity contribution in [3.8, 4) is 62.1 Å². The fourth-order valence-electron chi connectivity index (χ4n) is 7.94. The molecule has 0 atom stereocenters. The molecule has 0 aliphatic rings. The van der Waals surface area contributed by atoms with Crippen molar-refractivity contribution in [2.24, 2.45) is 0 Å². The van der Waals surface area contributed by atoms with Crippen LogP contribution in [0, 0.1) is 0 Å². The van der Waals surface area contributed by atoms with Crippen LogP contribution in [0.15, 0.2) is 199 Å². The predicted octanol–water partition coefficient (Wildman–Crippen LogP) is 13.2. The molecule has 0 aliphatic heterocycles. The molecule has 5 heteroatoms. The lowest BCUT2D eigenvalue weighted by Crippen LogP contribution is -2.00. The molecule has 0 fully saturated rings. The number of rotatable bonds is 6. The van der Waals surface area contributed by atoms with Crippen molar-refractivity contribution in [1.82, 2.24) is 19.5 Å². The largest absolute Gasteiger partial charge is 0.456 e. The first-order valence-electron chi connectivity index (χ1n) is 18.8. The van der Waals surface area contributed by atoms with Gasteiger partial charge in [0.15, 0.2) is 17.5 Å². The summed E-state index contributed by atoms with van der Waals surface area (Å²) in [5, 5.41) is 4.51. The van der Waals surface area contributed by atoms with E-state index in [2.05, 4.69) is 162 Å². The van der Waals surface area contributed by atoms with E-state index in [-0.39, 0.29) is 0 Å².